The Labute approximate surface area is 141 Å². The summed E-state index contributed by atoms with van der Waals surface area (Å²) in [6, 6.07) is 15.2. The monoisotopic (exact) mass is 341 g/mol. The molecule has 6 heteroatoms. The van der Waals surface area contributed by atoms with Crippen LogP contribution >= 0.6 is 0 Å². The summed E-state index contributed by atoms with van der Waals surface area (Å²) in [6.45, 7) is 1.35. The van der Waals surface area contributed by atoms with Crippen molar-refractivity contribution < 1.29 is 8.42 Å². The number of anilines is 1. The number of nitrogens with one attached hydrogen (secondary N) is 1. The molecule has 1 heterocycles. The maximum Gasteiger partial charge on any atom is 0.177 e. The standard InChI is InChI=1S/C18H19N3O2S/c1-24(22,23)18-5-3-2-4-17(18)20-12-15-6-8-16(9-7-15)13-21-11-10-19-14-21/h2-11,14,20H,12-13H2,1H3. The fourth-order valence-electron chi connectivity index (χ4n) is 2.49. The third kappa shape index (κ3) is 4.02. The number of nitrogens with zero attached hydrogens (tertiary/aromatic N) is 2. The summed E-state index contributed by atoms with van der Waals surface area (Å²) >= 11 is 0. The Morgan fingerprint density at radius 2 is 1.75 bits per heavy atom. The fourth-order valence-corrected chi connectivity index (χ4v) is 3.35. The van der Waals surface area contributed by atoms with Crippen molar-refractivity contribution in [1.82, 2.24) is 9.55 Å². The van der Waals surface area contributed by atoms with Gasteiger partial charge in [-0.1, -0.05) is 36.4 Å². The number of para-hydroxylation sites is 1. The van der Waals surface area contributed by atoms with Crippen molar-refractivity contribution in [2.24, 2.45) is 0 Å². The highest BCUT2D eigenvalue weighted by Crippen LogP contribution is 2.21. The van der Waals surface area contributed by atoms with E-state index in [1.807, 2.05) is 29.0 Å². The Kier molecular flexibility index (Phi) is 4.66. The minimum absolute atomic E-state index is 0.321. The average molecular weight is 341 g/mol. The lowest BCUT2D eigenvalue weighted by Gasteiger charge is -2.11. The first-order chi connectivity index (χ1) is 11.5. The lowest BCUT2D eigenvalue weighted by molar-refractivity contribution is 0.602. The second kappa shape index (κ2) is 6.88. The zero-order valence-corrected chi connectivity index (χ0v) is 14.2. The Balaban J connectivity index is 1.67. The van der Waals surface area contributed by atoms with Gasteiger partial charge < -0.3 is 9.88 Å². The lowest BCUT2D eigenvalue weighted by atomic mass is 10.1. The molecule has 0 atom stereocenters. The molecule has 3 aromatic rings. The Bertz CT molecular complexity index is 902. The molecule has 0 unspecified atom stereocenters. The molecule has 0 spiro atoms. The molecular weight excluding hydrogens is 322 g/mol. The second-order valence-corrected chi connectivity index (χ2v) is 7.66. The number of benzene rings is 2. The van der Waals surface area contributed by atoms with E-state index >= 15 is 0 Å². The van der Waals surface area contributed by atoms with Crippen LogP contribution in [0.5, 0.6) is 0 Å². The molecule has 0 fully saturated rings. The molecule has 0 aliphatic heterocycles. The average Bonchev–Trinajstić information content (AvgIpc) is 3.07. The molecule has 0 saturated heterocycles. The maximum atomic E-state index is 11.8. The maximum absolute atomic E-state index is 11.8. The van der Waals surface area contributed by atoms with E-state index in [4.69, 9.17) is 0 Å². The van der Waals surface area contributed by atoms with Crippen LogP contribution in [0.1, 0.15) is 11.1 Å². The predicted octanol–water partition coefficient (Wildman–Crippen LogP) is 2.95. The van der Waals surface area contributed by atoms with E-state index in [-0.39, 0.29) is 0 Å². The molecule has 0 aliphatic carbocycles. The van der Waals surface area contributed by atoms with Gasteiger partial charge in [0.1, 0.15) is 0 Å². The minimum atomic E-state index is -3.24. The van der Waals surface area contributed by atoms with Gasteiger partial charge in [0, 0.05) is 31.7 Å². The molecule has 124 valence electrons. The molecule has 0 bridgehead atoms. The van der Waals surface area contributed by atoms with Crippen LogP contribution < -0.4 is 5.32 Å². The van der Waals surface area contributed by atoms with E-state index < -0.39 is 9.84 Å². The van der Waals surface area contributed by atoms with E-state index in [1.165, 1.54) is 11.8 Å². The van der Waals surface area contributed by atoms with E-state index in [9.17, 15) is 8.42 Å². The van der Waals surface area contributed by atoms with Crippen LogP contribution in [0.4, 0.5) is 5.69 Å². The number of imidazole rings is 1. The van der Waals surface area contributed by atoms with Gasteiger partial charge in [-0.15, -0.1) is 0 Å². The summed E-state index contributed by atoms with van der Waals surface area (Å²) in [5, 5.41) is 3.21. The third-order valence-electron chi connectivity index (χ3n) is 3.72. The Morgan fingerprint density at radius 3 is 2.42 bits per heavy atom. The van der Waals surface area contributed by atoms with Crippen LogP contribution in [-0.4, -0.2) is 24.2 Å². The second-order valence-electron chi connectivity index (χ2n) is 5.67. The van der Waals surface area contributed by atoms with E-state index in [2.05, 4.69) is 22.4 Å². The van der Waals surface area contributed by atoms with Crippen molar-refractivity contribution in [3.63, 3.8) is 0 Å². The molecule has 1 aromatic heterocycles. The summed E-state index contributed by atoms with van der Waals surface area (Å²) in [6.07, 6.45) is 6.70. The quantitative estimate of drug-likeness (QED) is 0.749. The van der Waals surface area contributed by atoms with E-state index in [0.29, 0.717) is 17.1 Å². The third-order valence-corrected chi connectivity index (χ3v) is 4.87. The summed E-state index contributed by atoms with van der Waals surface area (Å²) in [5.41, 5.74) is 2.91. The number of hydrogen-bond donors (Lipinski definition) is 1. The van der Waals surface area contributed by atoms with Crippen molar-refractivity contribution in [2.45, 2.75) is 18.0 Å². The van der Waals surface area contributed by atoms with Crippen molar-refractivity contribution in [3.05, 3.63) is 78.4 Å². The fraction of sp³-hybridized carbons (Fsp3) is 0.167. The minimum Gasteiger partial charge on any atom is -0.380 e. The van der Waals surface area contributed by atoms with Crippen LogP contribution in [0.2, 0.25) is 0 Å². The molecule has 5 nitrogen and oxygen atoms in total. The summed E-state index contributed by atoms with van der Waals surface area (Å²) in [7, 11) is -3.24. The first-order valence-corrected chi connectivity index (χ1v) is 9.48. The van der Waals surface area contributed by atoms with Crippen molar-refractivity contribution in [1.29, 1.82) is 0 Å². The predicted molar refractivity (Wildman–Crippen MR) is 94.6 cm³/mol. The molecular formula is C18H19N3O2S. The van der Waals surface area contributed by atoms with Crippen molar-refractivity contribution in [3.8, 4) is 0 Å². The van der Waals surface area contributed by atoms with Gasteiger partial charge in [0.2, 0.25) is 0 Å². The van der Waals surface area contributed by atoms with E-state index in [1.54, 1.807) is 30.7 Å². The van der Waals surface area contributed by atoms with Crippen LogP contribution in [0.25, 0.3) is 0 Å². The van der Waals surface area contributed by atoms with Gasteiger partial charge in [-0.05, 0) is 23.3 Å². The zero-order valence-electron chi connectivity index (χ0n) is 13.4. The van der Waals surface area contributed by atoms with Crippen LogP contribution in [0.3, 0.4) is 0 Å². The highest BCUT2D eigenvalue weighted by atomic mass is 32.2. The number of sulfone groups is 1. The van der Waals surface area contributed by atoms with Gasteiger partial charge in [-0.2, -0.15) is 0 Å². The summed E-state index contributed by atoms with van der Waals surface area (Å²) in [5.74, 6) is 0. The SMILES string of the molecule is CS(=O)(=O)c1ccccc1NCc1ccc(Cn2ccnc2)cc1. The topological polar surface area (TPSA) is 64.0 Å². The molecule has 3 rings (SSSR count). The molecule has 0 radical (unpaired) electrons. The molecule has 0 saturated carbocycles. The molecule has 24 heavy (non-hydrogen) atoms. The number of rotatable bonds is 6. The first-order valence-electron chi connectivity index (χ1n) is 7.59. The summed E-state index contributed by atoms with van der Waals surface area (Å²) < 4.78 is 25.6. The van der Waals surface area contributed by atoms with Gasteiger partial charge in [0.15, 0.2) is 9.84 Å². The highest BCUT2D eigenvalue weighted by molar-refractivity contribution is 7.90. The molecule has 0 aliphatic rings. The van der Waals surface area contributed by atoms with Gasteiger partial charge >= 0.3 is 0 Å². The van der Waals surface area contributed by atoms with E-state index in [0.717, 1.165) is 12.1 Å². The summed E-state index contributed by atoms with van der Waals surface area (Å²) in [4.78, 5) is 4.35. The normalized spacial score (nSPS) is 11.4. The van der Waals surface area contributed by atoms with Gasteiger partial charge in [0.05, 0.1) is 16.9 Å². The Morgan fingerprint density at radius 1 is 1.04 bits per heavy atom. The molecule has 0 amide bonds. The van der Waals surface area contributed by atoms with Gasteiger partial charge in [0.25, 0.3) is 0 Å². The van der Waals surface area contributed by atoms with Crippen molar-refractivity contribution in [2.75, 3.05) is 11.6 Å². The van der Waals surface area contributed by atoms with Crippen LogP contribution in [0.15, 0.2) is 72.1 Å². The first kappa shape index (κ1) is 16.3. The molecule has 1 N–H and O–H groups in total. The lowest BCUT2D eigenvalue weighted by Crippen LogP contribution is -2.06. The number of hydrogen-bond acceptors (Lipinski definition) is 4. The molecule has 2 aromatic carbocycles. The number of aromatic nitrogens is 2. The van der Waals surface area contributed by atoms with Crippen LogP contribution in [0, 0.1) is 0 Å². The van der Waals surface area contributed by atoms with Crippen LogP contribution in [-0.2, 0) is 22.9 Å². The zero-order chi connectivity index (χ0) is 17.0. The smallest absolute Gasteiger partial charge is 0.177 e. The van der Waals surface area contributed by atoms with Gasteiger partial charge in [-0.3, -0.25) is 0 Å². The van der Waals surface area contributed by atoms with Gasteiger partial charge in [-0.25, -0.2) is 13.4 Å². The highest BCUT2D eigenvalue weighted by Gasteiger charge is 2.11. The van der Waals surface area contributed by atoms with Crippen molar-refractivity contribution >= 4 is 15.5 Å². The largest absolute Gasteiger partial charge is 0.380 e. The Hall–Kier alpha value is -2.60.